The van der Waals surface area contributed by atoms with Gasteiger partial charge in [0, 0.05) is 39.8 Å². The van der Waals surface area contributed by atoms with Gasteiger partial charge in [0.2, 0.25) is 0 Å². The van der Waals surface area contributed by atoms with Crippen LogP contribution in [0.4, 0.5) is 0 Å². The van der Waals surface area contributed by atoms with Gasteiger partial charge >= 0.3 is 0 Å². The molecule has 1 aliphatic heterocycles. The first-order valence-corrected chi connectivity index (χ1v) is 8.05. The molecule has 23 heavy (non-hydrogen) atoms. The highest BCUT2D eigenvalue weighted by Crippen LogP contribution is 2.19. The van der Waals surface area contributed by atoms with E-state index >= 15 is 0 Å². The van der Waals surface area contributed by atoms with Crippen LogP contribution in [0.2, 0.25) is 0 Å². The first kappa shape index (κ1) is 20.2. The van der Waals surface area contributed by atoms with E-state index in [0.717, 1.165) is 25.6 Å². The molecule has 1 aliphatic rings. The Morgan fingerprint density at radius 1 is 1.30 bits per heavy atom. The fourth-order valence-corrected chi connectivity index (χ4v) is 2.86. The predicted molar refractivity (Wildman–Crippen MR) is 107 cm³/mol. The third-order valence-electron chi connectivity index (χ3n) is 4.05. The van der Waals surface area contributed by atoms with Crippen LogP contribution < -0.4 is 10.6 Å². The minimum atomic E-state index is 0. The van der Waals surface area contributed by atoms with E-state index in [4.69, 9.17) is 4.74 Å². The van der Waals surface area contributed by atoms with Gasteiger partial charge in [-0.15, -0.1) is 24.0 Å². The van der Waals surface area contributed by atoms with Crippen LogP contribution in [-0.2, 0) is 11.3 Å². The third-order valence-corrected chi connectivity index (χ3v) is 4.05. The maximum absolute atomic E-state index is 5.04. The van der Waals surface area contributed by atoms with Crippen molar-refractivity contribution in [2.24, 2.45) is 4.99 Å². The monoisotopic (exact) mass is 432 g/mol. The Kier molecular flexibility index (Phi) is 10.2. The minimum absolute atomic E-state index is 0. The molecule has 0 saturated carbocycles. The quantitative estimate of drug-likeness (QED) is 0.300. The lowest BCUT2D eigenvalue weighted by Crippen LogP contribution is -2.45. The van der Waals surface area contributed by atoms with E-state index in [9.17, 15) is 0 Å². The number of nitrogens with zero attached hydrogens (tertiary/aromatic N) is 2. The van der Waals surface area contributed by atoms with Crippen molar-refractivity contribution in [2.75, 3.05) is 40.4 Å². The molecule has 0 spiro atoms. The van der Waals surface area contributed by atoms with Crippen LogP contribution in [0.3, 0.4) is 0 Å². The van der Waals surface area contributed by atoms with Crippen LogP contribution >= 0.6 is 24.0 Å². The van der Waals surface area contributed by atoms with Gasteiger partial charge < -0.3 is 15.4 Å². The van der Waals surface area contributed by atoms with Crippen molar-refractivity contribution in [3.05, 3.63) is 35.9 Å². The average Bonchev–Trinajstić information content (AvgIpc) is 2.99. The van der Waals surface area contributed by atoms with Gasteiger partial charge in [-0.25, -0.2) is 0 Å². The Bertz CT molecular complexity index is 455. The first-order chi connectivity index (χ1) is 10.8. The normalized spacial score (nSPS) is 18.5. The van der Waals surface area contributed by atoms with Crippen LogP contribution in [0.25, 0.3) is 0 Å². The number of ether oxygens (including phenoxy) is 1. The molecule has 1 aromatic carbocycles. The predicted octanol–water partition coefficient (Wildman–Crippen LogP) is 2.08. The maximum Gasteiger partial charge on any atom is 0.191 e. The number of hydrogen-bond donors (Lipinski definition) is 2. The van der Waals surface area contributed by atoms with E-state index in [1.54, 1.807) is 14.2 Å². The summed E-state index contributed by atoms with van der Waals surface area (Å²) in [6, 6.07) is 11.3. The van der Waals surface area contributed by atoms with Crippen LogP contribution in [0.15, 0.2) is 35.3 Å². The number of rotatable bonds is 7. The van der Waals surface area contributed by atoms with Crippen LogP contribution in [0.5, 0.6) is 0 Å². The van der Waals surface area contributed by atoms with Crippen LogP contribution in [0, 0.1) is 0 Å². The number of likely N-dealkylation sites (tertiary alicyclic amines) is 1. The molecule has 1 unspecified atom stereocenters. The molecule has 0 amide bonds. The van der Waals surface area contributed by atoms with Crippen molar-refractivity contribution in [3.8, 4) is 0 Å². The summed E-state index contributed by atoms with van der Waals surface area (Å²) in [7, 11) is 3.51. The molecule has 1 saturated heterocycles. The second-order valence-corrected chi connectivity index (χ2v) is 5.62. The summed E-state index contributed by atoms with van der Waals surface area (Å²) in [5.74, 6) is 0.851. The summed E-state index contributed by atoms with van der Waals surface area (Å²) in [6.07, 6.45) is 2.52. The van der Waals surface area contributed by atoms with Gasteiger partial charge in [0.25, 0.3) is 0 Å². The number of guanidine groups is 1. The highest BCUT2D eigenvalue weighted by atomic mass is 127. The lowest BCUT2D eigenvalue weighted by Gasteiger charge is -2.25. The van der Waals surface area contributed by atoms with E-state index in [1.807, 2.05) is 0 Å². The lowest BCUT2D eigenvalue weighted by atomic mass is 10.2. The zero-order valence-electron chi connectivity index (χ0n) is 14.1. The molecule has 1 aromatic rings. The second kappa shape index (κ2) is 11.6. The first-order valence-electron chi connectivity index (χ1n) is 8.05. The Morgan fingerprint density at radius 2 is 2.09 bits per heavy atom. The van der Waals surface area contributed by atoms with Crippen LogP contribution in [-0.4, -0.2) is 57.3 Å². The summed E-state index contributed by atoms with van der Waals surface area (Å²) in [5, 5.41) is 6.68. The fourth-order valence-electron chi connectivity index (χ4n) is 2.86. The van der Waals surface area contributed by atoms with E-state index in [0.29, 0.717) is 12.6 Å². The molecule has 2 rings (SSSR count). The number of benzene rings is 1. The second-order valence-electron chi connectivity index (χ2n) is 5.62. The minimum Gasteiger partial charge on any atom is -0.383 e. The Hall–Kier alpha value is -0.860. The molecule has 1 heterocycles. The van der Waals surface area contributed by atoms with Gasteiger partial charge in [0.05, 0.1) is 6.61 Å². The third kappa shape index (κ3) is 7.05. The molecule has 0 radical (unpaired) electrons. The van der Waals surface area contributed by atoms with Crippen molar-refractivity contribution < 1.29 is 4.74 Å². The molecule has 0 bridgehead atoms. The molecular formula is C17H29IN4O. The maximum atomic E-state index is 5.04. The van der Waals surface area contributed by atoms with E-state index in [2.05, 4.69) is 50.9 Å². The van der Waals surface area contributed by atoms with Crippen LogP contribution in [0.1, 0.15) is 18.4 Å². The van der Waals surface area contributed by atoms with Gasteiger partial charge in [-0.05, 0) is 24.9 Å². The molecule has 5 nitrogen and oxygen atoms in total. The summed E-state index contributed by atoms with van der Waals surface area (Å²) in [4.78, 5) is 6.81. The Labute approximate surface area is 156 Å². The van der Waals surface area contributed by atoms with Crippen molar-refractivity contribution in [1.82, 2.24) is 15.5 Å². The average molecular weight is 432 g/mol. The number of methoxy groups -OCH3 is 1. The standard InChI is InChI=1S/C17H28N4O.HI/c1-18-17(19-10-12-22-2)20-13-16-9-6-11-21(16)14-15-7-4-3-5-8-15;/h3-5,7-8,16H,6,9-14H2,1-2H3,(H2,18,19,20);1H. The van der Waals surface area contributed by atoms with E-state index < -0.39 is 0 Å². The molecular weight excluding hydrogens is 403 g/mol. The molecule has 0 aromatic heterocycles. The number of nitrogens with one attached hydrogen (secondary N) is 2. The number of halogens is 1. The smallest absolute Gasteiger partial charge is 0.191 e. The van der Waals surface area contributed by atoms with Crippen molar-refractivity contribution in [3.63, 3.8) is 0 Å². The zero-order valence-corrected chi connectivity index (χ0v) is 16.5. The van der Waals surface area contributed by atoms with Gasteiger partial charge in [0.1, 0.15) is 0 Å². The molecule has 0 aliphatic carbocycles. The Morgan fingerprint density at radius 3 is 2.78 bits per heavy atom. The van der Waals surface area contributed by atoms with Crippen molar-refractivity contribution >= 4 is 29.9 Å². The summed E-state index contributed by atoms with van der Waals surface area (Å²) in [5.41, 5.74) is 1.39. The summed E-state index contributed by atoms with van der Waals surface area (Å²) < 4.78 is 5.04. The number of hydrogen-bond acceptors (Lipinski definition) is 3. The summed E-state index contributed by atoms with van der Waals surface area (Å²) >= 11 is 0. The zero-order chi connectivity index (χ0) is 15.6. The molecule has 6 heteroatoms. The highest BCUT2D eigenvalue weighted by molar-refractivity contribution is 14.0. The summed E-state index contributed by atoms with van der Waals surface area (Å²) in [6.45, 7) is 4.60. The van der Waals surface area contributed by atoms with Gasteiger partial charge in [-0.1, -0.05) is 30.3 Å². The largest absolute Gasteiger partial charge is 0.383 e. The van der Waals surface area contributed by atoms with E-state index in [1.165, 1.54) is 24.9 Å². The molecule has 1 atom stereocenters. The lowest BCUT2D eigenvalue weighted by molar-refractivity contribution is 0.203. The van der Waals surface area contributed by atoms with Crippen molar-refractivity contribution in [2.45, 2.75) is 25.4 Å². The van der Waals surface area contributed by atoms with Gasteiger partial charge in [-0.2, -0.15) is 0 Å². The molecule has 130 valence electrons. The van der Waals surface area contributed by atoms with Crippen molar-refractivity contribution in [1.29, 1.82) is 0 Å². The van der Waals surface area contributed by atoms with E-state index in [-0.39, 0.29) is 24.0 Å². The SMILES string of the molecule is CN=C(NCCOC)NCC1CCCN1Cc1ccccc1.I. The highest BCUT2D eigenvalue weighted by Gasteiger charge is 2.24. The fraction of sp³-hybridized carbons (Fsp3) is 0.588. The molecule has 1 fully saturated rings. The van der Waals surface area contributed by atoms with Gasteiger partial charge in [0.15, 0.2) is 5.96 Å². The number of aliphatic imine (C=N–C) groups is 1. The van der Waals surface area contributed by atoms with Gasteiger partial charge in [-0.3, -0.25) is 9.89 Å². The topological polar surface area (TPSA) is 48.9 Å². The Balaban J connectivity index is 0.00000264. The molecule has 2 N–H and O–H groups in total.